The molecule has 0 aliphatic carbocycles. The van der Waals surface area contributed by atoms with Crippen molar-refractivity contribution in [2.45, 2.75) is 6.92 Å². The maximum atomic E-state index is 11.9. The van der Waals surface area contributed by atoms with Gasteiger partial charge in [0.2, 0.25) is 0 Å². The van der Waals surface area contributed by atoms with Crippen LogP contribution in [0.1, 0.15) is 28.4 Å². The van der Waals surface area contributed by atoms with E-state index in [0.717, 1.165) is 11.6 Å². The Morgan fingerprint density at radius 1 is 0.960 bits per heavy atom. The minimum atomic E-state index is -1.11. The first-order valence-corrected chi connectivity index (χ1v) is 7.47. The number of hydrogen-bond donors (Lipinski definition) is 1. The van der Waals surface area contributed by atoms with E-state index in [4.69, 9.17) is 9.84 Å². The minimum absolute atomic E-state index is 0.0537. The molecule has 0 bridgehead atoms. The fourth-order valence-electron chi connectivity index (χ4n) is 2.06. The lowest BCUT2D eigenvalue weighted by molar-refractivity contribution is -0.153. The van der Waals surface area contributed by atoms with Crippen molar-refractivity contribution in [3.8, 4) is 0 Å². The van der Waals surface area contributed by atoms with Gasteiger partial charge in [0.15, 0.2) is 0 Å². The summed E-state index contributed by atoms with van der Waals surface area (Å²) in [5.74, 6) is -2.73. The molecule has 0 fully saturated rings. The van der Waals surface area contributed by atoms with E-state index < -0.39 is 17.9 Å². The lowest BCUT2D eigenvalue weighted by Gasteiger charge is -2.02. The third-order valence-electron chi connectivity index (χ3n) is 3.29. The molecule has 1 N–H and O–H groups in total. The molecular weight excluding hydrogens is 320 g/mol. The Morgan fingerprint density at radius 2 is 1.60 bits per heavy atom. The number of rotatable bonds is 5. The summed E-state index contributed by atoms with van der Waals surface area (Å²) in [5, 5.41) is 9.08. The Hall–Kier alpha value is -3.47. The van der Waals surface area contributed by atoms with Crippen LogP contribution in [0.3, 0.4) is 0 Å². The van der Waals surface area contributed by atoms with Gasteiger partial charge >= 0.3 is 17.9 Å². The monoisotopic (exact) mass is 336 g/mol. The second kappa shape index (κ2) is 8.40. The summed E-state index contributed by atoms with van der Waals surface area (Å²) in [6.45, 7) is 1.55. The maximum Gasteiger partial charge on any atom is 0.341 e. The molecule has 0 atom stereocenters. The summed E-state index contributed by atoms with van der Waals surface area (Å²) < 4.78 is 4.73. The number of carboxylic acids is 1. The molecule has 2 rings (SSSR count). The van der Waals surface area contributed by atoms with Gasteiger partial charge in [-0.15, -0.1) is 0 Å². The van der Waals surface area contributed by atoms with Crippen LogP contribution in [0, 0.1) is 0 Å². The normalized spacial score (nSPS) is 11.3. The predicted molar refractivity (Wildman–Crippen MR) is 93.6 cm³/mol. The van der Waals surface area contributed by atoms with Crippen LogP contribution in [-0.2, 0) is 14.3 Å². The molecule has 2 aromatic rings. The van der Waals surface area contributed by atoms with E-state index in [9.17, 15) is 14.4 Å². The van der Waals surface area contributed by atoms with Crippen LogP contribution in [0.5, 0.6) is 0 Å². The zero-order valence-electron chi connectivity index (χ0n) is 13.5. The van der Waals surface area contributed by atoms with Crippen molar-refractivity contribution in [2.75, 3.05) is 0 Å². The van der Waals surface area contributed by atoms with Gasteiger partial charge in [0.05, 0.1) is 5.56 Å². The highest BCUT2D eigenvalue weighted by atomic mass is 16.6. The fraction of sp³-hybridized carbons (Fsp3) is 0.0500. The minimum Gasteiger partial charge on any atom is -0.478 e. The number of aromatic carboxylic acids is 1. The third kappa shape index (κ3) is 5.28. The van der Waals surface area contributed by atoms with Crippen molar-refractivity contribution in [3.05, 3.63) is 82.9 Å². The van der Waals surface area contributed by atoms with Gasteiger partial charge < -0.3 is 9.84 Å². The van der Waals surface area contributed by atoms with Crippen molar-refractivity contribution in [1.82, 2.24) is 0 Å². The van der Waals surface area contributed by atoms with Crippen LogP contribution in [-0.4, -0.2) is 23.0 Å². The topological polar surface area (TPSA) is 80.7 Å². The lowest BCUT2D eigenvalue weighted by atomic mass is 10.1. The Bertz CT molecular complexity index is 847. The number of carbonyl (C=O) groups excluding carboxylic acids is 2. The number of ether oxygens (including phenoxy) is 1. The van der Waals surface area contributed by atoms with Crippen LogP contribution in [0.15, 0.2) is 66.2 Å². The van der Waals surface area contributed by atoms with E-state index in [-0.39, 0.29) is 11.1 Å². The van der Waals surface area contributed by atoms with E-state index in [2.05, 4.69) is 0 Å². The standard InChI is InChI=1S/C20H16O5/c1-14(13-15-7-3-2-4-8-15)20(24)25-18(21)12-11-16-9-5-6-10-17(16)19(22)23/h2-13H,1H3,(H,22,23)/b12-11+,14-13+. The van der Waals surface area contributed by atoms with E-state index in [1.54, 1.807) is 31.2 Å². The molecule has 5 nitrogen and oxygen atoms in total. The van der Waals surface area contributed by atoms with Crippen LogP contribution in [0.4, 0.5) is 0 Å². The average molecular weight is 336 g/mol. The van der Waals surface area contributed by atoms with Crippen LogP contribution in [0.2, 0.25) is 0 Å². The highest BCUT2D eigenvalue weighted by molar-refractivity contribution is 6.03. The largest absolute Gasteiger partial charge is 0.478 e. The zero-order valence-corrected chi connectivity index (χ0v) is 13.5. The number of esters is 2. The molecule has 0 heterocycles. The SMILES string of the molecule is C/C(=C\c1ccccc1)C(=O)OC(=O)/C=C/c1ccccc1C(=O)O. The van der Waals surface area contributed by atoms with Crippen LogP contribution < -0.4 is 0 Å². The highest BCUT2D eigenvalue weighted by Crippen LogP contribution is 2.11. The Morgan fingerprint density at radius 3 is 2.28 bits per heavy atom. The predicted octanol–water partition coefficient (Wildman–Crippen LogP) is 3.57. The second-order valence-electron chi connectivity index (χ2n) is 5.17. The number of carbonyl (C=O) groups is 3. The van der Waals surface area contributed by atoms with E-state index in [0.29, 0.717) is 5.56 Å². The first kappa shape index (κ1) is 17.9. The summed E-state index contributed by atoms with van der Waals surface area (Å²) in [6, 6.07) is 15.4. The second-order valence-corrected chi connectivity index (χ2v) is 5.17. The molecule has 0 aliphatic rings. The van der Waals surface area contributed by atoms with E-state index in [1.165, 1.54) is 12.1 Å². The molecule has 25 heavy (non-hydrogen) atoms. The first-order valence-electron chi connectivity index (χ1n) is 7.47. The third-order valence-corrected chi connectivity index (χ3v) is 3.29. The average Bonchev–Trinajstić information content (AvgIpc) is 2.61. The summed E-state index contributed by atoms with van der Waals surface area (Å²) >= 11 is 0. The maximum absolute atomic E-state index is 11.9. The molecule has 0 unspecified atom stereocenters. The Labute approximate surface area is 144 Å². The van der Waals surface area contributed by atoms with Gasteiger partial charge in [0, 0.05) is 11.6 Å². The van der Waals surface area contributed by atoms with Crippen molar-refractivity contribution < 1.29 is 24.2 Å². The molecule has 0 saturated carbocycles. The number of benzene rings is 2. The van der Waals surface area contributed by atoms with Crippen molar-refractivity contribution in [3.63, 3.8) is 0 Å². The molecule has 0 spiro atoms. The molecular formula is C20H16O5. The molecule has 0 amide bonds. The zero-order chi connectivity index (χ0) is 18.2. The van der Waals surface area contributed by atoms with Gasteiger partial charge in [-0.25, -0.2) is 14.4 Å². The van der Waals surface area contributed by atoms with Crippen LogP contribution >= 0.6 is 0 Å². The van der Waals surface area contributed by atoms with E-state index in [1.807, 2.05) is 30.3 Å². The fourth-order valence-corrected chi connectivity index (χ4v) is 2.06. The number of hydrogen-bond acceptors (Lipinski definition) is 4. The molecule has 126 valence electrons. The molecule has 0 aromatic heterocycles. The van der Waals surface area contributed by atoms with Gasteiger partial charge in [-0.2, -0.15) is 0 Å². The van der Waals surface area contributed by atoms with Gasteiger partial charge in [0.25, 0.3) is 0 Å². The molecule has 0 saturated heterocycles. The summed E-state index contributed by atoms with van der Waals surface area (Å²) in [6.07, 6.45) is 3.93. The quantitative estimate of drug-likeness (QED) is 0.513. The Kier molecular flexibility index (Phi) is 6.01. The van der Waals surface area contributed by atoms with Gasteiger partial charge in [0.1, 0.15) is 0 Å². The molecule has 0 aliphatic heterocycles. The molecule has 0 radical (unpaired) electrons. The Balaban J connectivity index is 2.04. The summed E-state index contributed by atoms with van der Waals surface area (Å²) in [7, 11) is 0. The highest BCUT2D eigenvalue weighted by Gasteiger charge is 2.11. The van der Waals surface area contributed by atoms with Crippen molar-refractivity contribution in [1.29, 1.82) is 0 Å². The van der Waals surface area contributed by atoms with Gasteiger partial charge in [-0.3, -0.25) is 0 Å². The summed E-state index contributed by atoms with van der Waals surface area (Å²) in [5.41, 5.74) is 1.49. The molecule has 2 aromatic carbocycles. The van der Waals surface area contributed by atoms with Crippen molar-refractivity contribution in [2.24, 2.45) is 0 Å². The van der Waals surface area contributed by atoms with Gasteiger partial charge in [-0.1, -0.05) is 48.5 Å². The van der Waals surface area contributed by atoms with Gasteiger partial charge in [-0.05, 0) is 36.3 Å². The van der Waals surface area contributed by atoms with Crippen molar-refractivity contribution >= 4 is 30.1 Å². The first-order chi connectivity index (χ1) is 12.0. The lowest BCUT2D eigenvalue weighted by Crippen LogP contribution is -2.11. The summed E-state index contributed by atoms with van der Waals surface area (Å²) in [4.78, 5) is 34.8. The van der Waals surface area contributed by atoms with E-state index >= 15 is 0 Å². The van der Waals surface area contributed by atoms with Crippen LogP contribution in [0.25, 0.3) is 12.2 Å². The molecule has 5 heteroatoms. The number of carboxylic acid groups (broad SMARTS) is 1. The smallest absolute Gasteiger partial charge is 0.341 e.